The van der Waals surface area contributed by atoms with E-state index < -0.39 is 0 Å². The van der Waals surface area contributed by atoms with Crippen LogP contribution in [0.2, 0.25) is 0 Å². The van der Waals surface area contributed by atoms with Gasteiger partial charge in [0.25, 0.3) is 0 Å². The zero-order chi connectivity index (χ0) is 19.6. The first kappa shape index (κ1) is 20.9. The third kappa shape index (κ3) is 5.79. The highest BCUT2D eigenvalue weighted by Gasteiger charge is 2.10. The Kier molecular flexibility index (Phi) is 8.26. The van der Waals surface area contributed by atoms with Crippen LogP contribution in [0.15, 0.2) is 41.4 Å². The smallest absolute Gasteiger partial charge is 0.191 e. The van der Waals surface area contributed by atoms with Crippen LogP contribution in [-0.2, 0) is 18.8 Å². The van der Waals surface area contributed by atoms with Gasteiger partial charge in [0.15, 0.2) is 17.5 Å². The summed E-state index contributed by atoms with van der Waals surface area (Å²) in [5, 5.41) is 6.54. The molecule has 0 unspecified atom stereocenters. The highest BCUT2D eigenvalue weighted by atomic mass is 32.2. The lowest BCUT2D eigenvalue weighted by molar-refractivity contribution is 0.351. The van der Waals surface area contributed by atoms with Gasteiger partial charge in [-0.1, -0.05) is 18.2 Å². The lowest BCUT2D eigenvalue weighted by Crippen LogP contribution is -2.36. The molecule has 0 heterocycles. The van der Waals surface area contributed by atoms with Crippen LogP contribution in [0.5, 0.6) is 11.5 Å². The lowest BCUT2D eigenvalue weighted by atomic mass is 10.1. The molecule has 0 spiro atoms. The van der Waals surface area contributed by atoms with Crippen molar-refractivity contribution in [3.63, 3.8) is 0 Å². The second-order valence-corrected chi connectivity index (χ2v) is 6.64. The number of thioether (sulfide) groups is 1. The Hall–Kier alpha value is -2.41. The third-order valence-corrected chi connectivity index (χ3v) is 4.67. The van der Waals surface area contributed by atoms with Crippen LogP contribution in [0.3, 0.4) is 0 Å². The fourth-order valence-corrected chi connectivity index (χ4v) is 3.31. The zero-order valence-electron chi connectivity index (χ0n) is 16.1. The maximum atomic E-state index is 13.5. The number of rotatable bonds is 8. The van der Waals surface area contributed by atoms with Gasteiger partial charge >= 0.3 is 0 Å². The van der Waals surface area contributed by atoms with Crippen molar-refractivity contribution in [2.75, 3.05) is 27.5 Å². The Morgan fingerprint density at radius 3 is 2.41 bits per heavy atom. The fraction of sp³-hybridized carbons (Fsp3) is 0.350. The van der Waals surface area contributed by atoms with E-state index in [1.807, 2.05) is 30.5 Å². The van der Waals surface area contributed by atoms with Crippen molar-refractivity contribution in [1.29, 1.82) is 0 Å². The van der Waals surface area contributed by atoms with Gasteiger partial charge in [0.05, 0.1) is 14.2 Å². The van der Waals surface area contributed by atoms with Crippen molar-refractivity contribution < 1.29 is 13.9 Å². The summed E-state index contributed by atoms with van der Waals surface area (Å²) in [6.07, 6.45) is 2.00. The first-order valence-corrected chi connectivity index (χ1v) is 9.93. The quantitative estimate of drug-likeness (QED) is 0.532. The van der Waals surface area contributed by atoms with Crippen molar-refractivity contribution in [2.24, 2.45) is 4.99 Å². The normalized spacial score (nSPS) is 11.2. The summed E-state index contributed by atoms with van der Waals surface area (Å²) in [6.45, 7) is 1.09. The fourth-order valence-electron chi connectivity index (χ4n) is 2.73. The predicted octanol–water partition coefficient (Wildman–Crippen LogP) is 3.57. The summed E-state index contributed by atoms with van der Waals surface area (Å²) in [5.41, 5.74) is 3.00. The van der Waals surface area contributed by atoms with E-state index in [0.29, 0.717) is 30.5 Å². The Morgan fingerprint density at radius 2 is 1.78 bits per heavy atom. The number of nitrogens with zero attached hydrogens (tertiary/aromatic N) is 1. The van der Waals surface area contributed by atoms with E-state index in [1.54, 1.807) is 39.1 Å². The molecule has 2 aromatic rings. The molecule has 0 atom stereocenters. The SMILES string of the molecule is CN=C(NCc1ccc(F)cc1CSC)NCc1cccc(OC)c1OC. The molecule has 0 fully saturated rings. The molecule has 5 nitrogen and oxygen atoms in total. The molecular formula is C20H26FN3O2S. The van der Waals surface area contributed by atoms with Crippen molar-refractivity contribution in [1.82, 2.24) is 10.6 Å². The van der Waals surface area contributed by atoms with E-state index >= 15 is 0 Å². The van der Waals surface area contributed by atoms with E-state index in [4.69, 9.17) is 9.47 Å². The summed E-state index contributed by atoms with van der Waals surface area (Å²) >= 11 is 1.67. The van der Waals surface area contributed by atoms with Crippen molar-refractivity contribution >= 4 is 17.7 Å². The summed E-state index contributed by atoms with van der Waals surface area (Å²) in [6, 6.07) is 10.6. The summed E-state index contributed by atoms with van der Waals surface area (Å²) in [4.78, 5) is 4.25. The topological polar surface area (TPSA) is 54.9 Å². The molecule has 0 aliphatic carbocycles. The minimum absolute atomic E-state index is 0.213. The highest BCUT2D eigenvalue weighted by molar-refractivity contribution is 7.97. The number of para-hydroxylation sites is 1. The Morgan fingerprint density at radius 1 is 1.04 bits per heavy atom. The highest BCUT2D eigenvalue weighted by Crippen LogP contribution is 2.30. The molecule has 0 amide bonds. The van der Waals surface area contributed by atoms with E-state index in [1.165, 1.54) is 6.07 Å². The standard InChI is InChI=1S/C20H26FN3O2S/c1-22-20(23-11-14-8-9-17(21)10-16(14)13-27-4)24-12-15-6-5-7-18(25-2)19(15)26-3/h5-10H,11-13H2,1-4H3,(H2,22,23,24). The van der Waals surface area contributed by atoms with Gasteiger partial charge in [0.1, 0.15) is 5.82 Å². The molecule has 7 heteroatoms. The van der Waals surface area contributed by atoms with E-state index in [9.17, 15) is 4.39 Å². The molecule has 146 valence electrons. The summed E-state index contributed by atoms with van der Waals surface area (Å²) in [7, 11) is 4.95. The van der Waals surface area contributed by atoms with Crippen molar-refractivity contribution in [3.05, 3.63) is 58.9 Å². The number of halogens is 1. The molecule has 2 aromatic carbocycles. The number of hydrogen-bond donors (Lipinski definition) is 2. The summed E-state index contributed by atoms with van der Waals surface area (Å²) in [5.74, 6) is 2.59. The average molecular weight is 392 g/mol. The largest absolute Gasteiger partial charge is 0.493 e. The van der Waals surface area contributed by atoms with Gasteiger partial charge in [-0.15, -0.1) is 0 Å². The molecule has 0 bridgehead atoms. The molecule has 2 N–H and O–H groups in total. The van der Waals surface area contributed by atoms with Gasteiger partial charge in [-0.25, -0.2) is 4.39 Å². The van der Waals surface area contributed by atoms with E-state index in [0.717, 1.165) is 22.4 Å². The molecule has 2 rings (SSSR count). The number of aliphatic imine (C=N–C) groups is 1. The van der Waals surface area contributed by atoms with Crippen molar-refractivity contribution in [3.8, 4) is 11.5 Å². The third-order valence-electron chi connectivity index (χ3n) is 4.07. The maximum absolute atomic E-state index is 13.5. The van der Waals surface area contributed by atoms with Crippen LogP contribution in [0, 0.1) is 5.82 Å². The maximum Gasteiger partial charge on any atom is 0.191 e. The van der Waals surface area contributed by atoms with Gasteiger partial charge in [-0.2, -0.15) is 11.8 Å². The number of guanidine groups is 1. The van der Waals surface area contributed by atoms with E-state index in [-0.39, 0.29) is 5.82 Å². The first-order chi connectivity index (χ1) is 13.1. The Balaban J connectivity index is 2.02. The average Bonchev–Trinajstić information content (AvgIpc) is 2.69. The Labute approximate surface area is 164 Å². The molecule has 0 aliphatic rings. The number of benzene rings is 2. The Bertz CT molecular complexity index is 784. The number of ether oxygens (including phenoxy) is 2. The number of hydrogen-bond acceptors (Lipinski definition) is 4. The minimum atomic E-state index is -0.213. The molecule has 0 aromatic heterocycles. The molecule has 0 aliphatic heterocycles. The van der Waals surface area contributed by atoms with Gasteiger partial charge in [0, 0.05) is 31.5 Å². The van der Waals surface area contributed by atoms with Crippen LogP contribution >= 0.6 is 11.8 Å². The van der Waals surface area contributed by atoms with Crippen LogP contribution < -0.4 is 20.1 Å². The number of nitrogens with one attached hydrogen (secondary N) is 2. The second-order valence-electron chi connectivity index (χ2n) is 5.78. The monoisotopic (exact) mass is 391 g/mol. The van der Waals surface area contributed by atoms with Crippen molar-refractivity contribution in [2.45, 2.75) is 18.8 Å². The zero-order valence-corrected chi connectivity index (χ0v) is 17.0. The molecular weight excluding hydrogens is 365 g/mol. The minimum Gasteiger partial charge on any atom is -0.493 e. The molecule has 0 radical (unpaired) electrons. The predicted molar refractivity (Wildman–Crippen MR) is 110 cm³/mol. The number of methoxy groups -OCH3 is 2. The van der Waals surface area contributed by atoms with Gasteiger partial charge in [-0.3, -0.25) is 4.99 Å². The lowest BCUT2D eigenvalue weighted by Gasteiger charge is -2.16. The van der Waals surface area contributed by atoms with Crippen LogP contribution in [0.1, 0.15) is 16.7 Å². The molecule has 27 heavy (non-hydrogen) atoms. The first-order valence-electron chi connectivity index (χ1n) is 8.53. The summed E-state index contributed by atoms with van der Waals surface area (Å²) < 4.78 is 24.3. The van der Waals surface area contributed by atoms with Gasteiger partial charge < -0.3 is 20.1 Å². The molecule has 0 saturated carbocycles. The second kappa shape index (κ2) is 10.7. The van der Waals surface area contributed by atoms with Crippen LogP contribution in [0.4, 0.5) is 4.39 Å². The van der Waals surface area contributed by atoms with Crippen LogP contribution in [0.25, 0.3) is 0 Å². The van der Waals surface area contributed by atoms with E-state index in [2.05, 4.69) is 15.6 Å². The van der Waals surface area contributed by atoms with Crippen LogP contribution in [-0.4, -0.2) is 33.5 Å². The van der Waals surface area contributed by atoms with Gasteiger partial charge in [0.2, 0.25) is 0 Å². The molecule has 0 saturated heterocycles. The van der Waals surface area contributed by atoms with Gasteiger partial charge in [-0.05, 0) is 35.6 Å².